The van der Waals surface area contributed by atoms with Crippen LogP contribution in [0.5, 0.6) is 5.75 Å². The molecule has 0 aliphatic heterocycles. The van der Waals surface area contributed by atoms with Crippen molar-refractivity contribution in [3.8, 4) is 11.8 Å². The molecule has 0 amide bonds. The summed E-state index contributed by atoms with van der Waals surface area (Å²) in [5.74, 6) is -0.233. The third kappa shape index (κ3) is 4.80. The number of carbonyl (C=O) groups excluding carboxylic acids is 1. The Kier molecular flexibility index (Phi) is 6.12. The van der Waals surface area contributed by atoms with Gasteiger partial charge in [0, 0.05) is 6.07 Å². The molecule has 0 fully saturated rings. The highest BCUT2D eigenvalue weighted by molar-refractivity contribution is 6.31. The standard InChI is InChI=1S/C17H14ClNO4/c18-16-9-15(6-5-14(16)10-19)23-17(21)13-3-1-12(2-4-13)7-8-22-11-20/h1-6,9,20H,7-8,11H2. The maximum atomic E-state index is 12.1. The average molecular weight is 332 g/mol. The third-order valence-corrected chi connectivity index (χ3v) is 3.40. The van der Waals surface area contributed by atoms with Gasteiger partial charge in [-0.05, 0) is 36.2 Å². The van der Waals surface area contributed by atoms with Gasteiger partial charge in [0.15, 0.2) is 0 Å². The van der Waals surface area contributed by atoms with E-state index in [0.29, 0.717) is 24.2 Å². The van der Waals surface area contributed by atoms with Crippen LogP contribution in [0.25, 0.3) is 0 Å². The Hall–Kier alpha value is -2.39. The number of esters is 1. The molecule has 2 aromatic carbocycles. The van der Waals surface area contributed by atoms with Crippen LogP contribution in [0.15, 0.2) is 42.5 Å². The Morgan fingerprint density at radius 1 is 1.22 bits per heavy atom. The van der Waals surface area contributed by atoms with E-state index in [1.165, 1.54) is 18.2 Å². The van der Waals surface area contributed by atoms with E-state index < -0.39 is 5.97 Å². The summed E-state index contributed by atoms with van der Waals surface area (Å²) in [5.41, 5.74) is 1.70. The minimum Gasteiger partial charge on any atom is -0.423 e. The van der Waals surface area contributed by atoms with Gasteiger partial charge >= 0.3 is 5.97 Å². The minimum atomic E-state index is -0.510. The quantitative estimate of drug-likeness (QED) is 0.381. The van der Waals surface area contributed by atoms with Crippen molar-refractivity contribution in [1.29, 1.82) is 5.26 Å². The molecule has 0 saturated heterocycles. The molecule has 0 atom stereocenters. The second kappa shape index (κ2) is 8.30. The molecule has 2 aromatic rings. The highest BCUT2D eigenvalue weighted by Crippen LogP contribution is 2.22. The van der Waals surface area contributed by atoms with Gasteiger partial charge in [-0.1, -0.05) is 23.7 Å². The molecule has 0 saturated carbocycles. The lowest BCUT2D eigenvalue weighted by Gasteiger charge is -2.06. The lowest BCUT2D eigenvalue weighted by molar-refractivity contribution is 0.000269. The van der Waals surface area contributed by atoms with Gasteiger partial charge in [0.2, 0.25) is 0 Å². The Morgan fingerprint density at radius 3 is 2.57 bits per heavy atom. The number of hydrogen-bond acceptors (Lipinski definition) is 5. The van der Waals surface area contributed by atoms with Gasteiger partial charge in [-0.25, -0.2) is 4.79 Å². The van der Waals surface area contributed by atoms with E-state index >= 15 is 0 Å². The molecule has 0 heterocycles. The van der Waals surface area contributed by atoms with E-state index in [0.717, 1.165) is 5.56 Å². The van der Waals surface area contributed by atoms with Gasteiger partial charge in [0.05, 0.1) is 22.8 Å². The Labute approximate surface area is 138 Å². The van der Waals surface area contributed by atoms with Crippen LogP contribution in [-0.4, -0.2) is 24.5 Å². The summed E-state index contributed by atoms with van der Waals surface area (Å²) in [7, 11) is 0. The number of carbonyl (C=O) groups is 1. The number of nitriles is 1. The first-order valence-electron chi connectivity index (χ1n) is 6.83. The predicted molar refractivity (Wildman–Crippen MR) is 84.3 cm³/mol. The zero-order chi connectivity index (χ0) is 16.7. The summed E-state index contributed by atoms with van der Waals surface area (Å²) in [6, 6.07) is 13.3. The van der Waals surface area contributed by atoms with Crippen molar-refractivity contribution >= 4 is 17.6 Å². The van der Waals surface area contributed by atoms with Crippen molar-refractivity contribution < 1.29 is 19.4 Å². The van der Waals surface area contributed by atoms with Crippen molar-refractivity contribution in [1.82, 2.24) is 0 Å². The number of halogens is 1. The molecule has 0 aliphatic carbocycles. The van der Waals surface area contributed by atoms with Gasteiger partial charge in [-0.3, -0.25) is 0 Å². The summed E-state index contributed by atoms with van der Waals surface area (Å²) in [5, 5.41) is 17.6. The van der Waals surface area contributed by atoms with Crippen molar-refractivity contribution in [3.63, 3.8) is 0 Å². The average Bonchev–Trinajstić information content (AvgIpc) is 2.56. The molecular weight excluding hydrogens is 318 g/mol. The summed E-state index contributed by atoms with van der Waals surface area (Å²) in [6.07, 6.45) is 0.640. The molecule has 0 radical (unpaired) electrons. The van der Waals surface area contributed by atoms with Crippen LogP contribution in [-0.2, 0) is 11.2 Å². The van der Waals surface area contributed by atoms with Crippen LogP contribution >= 0.6 is 11.6 Å². The van der Waals surface area contributed by atoms with Crippen LogP contribution in [0.1, 0.15) is 21.5 Å². The first-order valence-corrected chi connectivity index (χ1v) is 7.21. The summed E-state index contributed by atoms with van der Waals surface area (Å²) < 4.78 is 10.1. The summed E-state index contributed by atoms with van der Waals surface area (Å²) in [4.78, 5) is 12.1. The van der Waals surface area contributed by atoms with Gasteiger partial charge in [-0.15, -0.1) is 0 Å². The van der Waals surface area contributed by atoms with Gasteiger partial charge in [0.25, 0.3) is 0 Å². The first kappa shape index (κ1) is 17.0. The van der Waals surface area contributed by atoms with Crippen molar-refractivity contribution in [2.75, 3.05) is 13.4 Å². The lowest BCUT2D eigenvalue weighted by Crippen LogP contribution is -2.08. The maximum Gasteiger partial charge on any atom is 0.343 e. The second-order valence-electron chi connectivity index (χ2n) is 4.63. The number of aliphatic hydroxyl groups is 1. The molecule has 0 aliphatic rings. The van der Waals surface area contributed by atoms with Crippen LogP contribution in [0, 0.1) is 11.3 Å². The molecule has 6 heteroatoms. The van der Waals surface area contributed by atoms with Crippen molar-refractivity contribution in [2.24, 2.45) is 0 Å². The van der Waals surface area contributed by atoms with Gasteiger partial charge in [0.1, 0.15) is 18.6 Å². The lowest BCUT2D eigenvalue weighted by atomic mass is 10.1. The second-order valence-corrected chi connectivity index (χ2v) is 5.03. The topological polar surface area (TPSA) is 79.5 Å². The fourth-order valence-electron chi connectivity index (χ4n) is 1.88. The molecule has 118 valence electrons. The van der Waals surface area contributed by atoms with E-state index in [1.54, 1.807) is 24.3 Å². The molecule has 5 nitrogen and oxygen atoms in total. The van der Waals surface area contributed by atoms with Crippen molar-refractivity contribution in [3.05, 3.63) is 64.2 Å². The number of hydrogen-bond donors (Lipinski definition) is 1. The van der Waals surface area contributed by atoms with E-state index in [-0.39, 0.29) is 17.6 Å². The largest absolute Gasteiger partial charge is 0.423 e. The fraction of sp³-hybridized carbons (Fsp3) is 0.176. The molecule has 0 unspecified atom stereocenters. The van der Waals surface area contributed by atoms with Gasteiger partial charge in [-0.2, -0.15) is 5.26 Å². The highest BCUT2D eigenvalue weighted by atomic mass is 35.5. The van der Waals surface area contributed by atoms with E-state index in [4.69, 9.17) is 31.4 Å². The van der Waals surface area contributed by atoms with E-state index in [9.17, 15) is 4.79 Å². The predicted octanol–water partition coefficient (Wildman–Crippen LogP) is 2.94. The number of nitrogens with zero attached hydrogens (tertiary/aromatic N) is 1. The van der Waals surface area contributed by atoms with E-state index in [1.807, 2.05) is 6.07 Å². The van der Waals surface area contributed by atoms with Crippen LogP contribution in [0.3, 0.4) is 0 Å². The highest BCUT2D eigenvalue weighted by Gasteiger charge is 2.10. The minimum absolute atomic E-state index is 0.233. The normalized spacial score (nSPS) is 10.1. The molecule has 0 bridgehead atoms. The zero-order valence-electron chi connectivity index (χ0n) is 12.2. The molecule has 2 rings (SSSR count). The maximum absolute atomic E-state index is 12.1. The van der Waals surface area contributed by atoms with Crippen LogP contribution in [0.2, 0.25) is 5.02 Å². The number of ether oxygens (including phenoxy) is 2. The van der Waals surface area contributed by atoms with Crippen LogP contribution in [0.4, 0.5) is 0 Å². The SMILES string of the molecule is N#Cc1ccc(OC(=O)c2ccc(CCOCO)cc2)cc1Cl. The number of benzene rings is 2. The third-order valence-electron chi connectivity index (χ3n) is 3.09. The van der Waals surface area contributed by atoms with Gasteiger partial charge < -0.3 is 14.6 Å². The Balaban J connectivity index is 2.00. The summed E-state index contributed by atoms with van der Waals surface area (Å²) >= 11 is 5.90. The Bertz CT molecular complexity index is 722. The smallest absolute Gasteiger partial charge is 0.343 e. The fourth-order valence-corrected chi connectivity index (χ4v) is 2.09. The molecule has 1 N–H and O–H groups in total. The monoisotopic (exact) mass is 331 g/mol. The number of rotatable bonds is 6. The first-order chi connectivity index (χ1) is 11.1. The zero-order valence-corrected chi connectivity index (χ0v) is 12.9. The number of aliphatic hydroxyl groups excluding tert-OH is 1. The summed E-state index contributed by atoms with van der Waals surface area (Å²) in [6.45, 7) is 0.0988. The van der Waals surface area contributed by atoms with Crippen LogP contribution < -0.4 is 4.74 Å². The molecule has 23 heavy (non-hydrogen) atoms. The van der Waals surface area contributed by atoms with Crippen molar-refractivity contribution in [2.45, 2.75) is 6.42 Å². The van der Waals surface area contributed by atoms with E-state index in [2.05, 4.69) is 0 Å². The molecule has 0 spiro atoms. The molecule has 0 aromatic heterocycles. The molecular formula is C17H14ClNO4. The Morgan fingerprint density at radius 2 is 1.96 bits per heavy atom.